The molecule has 0 saturated carbocycles. The first kappa shape index (κ1) is 9.64. The molecule has 0 aliphatic heterocycles. The number of aromatic amines is 2. The van der Waals surface area contributed by atoms with Crippen molar-refractivity contribution in [1.82, 2.24) is 15.0 Å². The molecule has 15 heavy (non-hydrogen) atoms. The molecular weight excluding hydrogens is 194 g/mol. The van der Waals surface area contributed by atoms with Gasteiger partial charge in [0.2, 0.25) is 0 Å². The molecule has 0 radical (unpaired) electrons. The van der Waals surface area contributed by atoms with Crippen molar-refractivity contribution in [3.63, 3.8) is 0 Å². The molecule has 0 aliphatic rings. The molecule has 2 N–H and O–H groups in total. The molecule has 0 saturated heterocycles. The van der Waals surface area contributed by atoms with Crippen LogP contribution >= 0.6 is 0 Å². The van der Waals surface area contributed by atoms with Crippen LogP contribution in [0.1, 0.15) is 25.3 Å². The third kappa shape index (κ3) is 1.68. The largest absolute Gasteiger partial charge is 0.327 e. The van der Waals surface area contributed by atoms with E-state index in [0.29, 0.717) is 17.0 Å². The lowest BCUT2D eigenvalue weighted by Crippen LogP contribution is -2.22. The number of H-pyrrole nitrogens is 2. The minimum atomic E-state index is -0.530. The number of nitrogens with zero attached hydrogens (tertiary/aromatic N) is 1. The summed E-state index contributed by atoms with van der Waals surface area (Å²) in [6.45, 7) is 4.03. The molecule has 2 heterocycles. The minimum absolute atomic E-state index is 0.299. The van der Waals surface area contributed by atoms with Gasteiger partial charge in [0.15, 0.2) is 0 Å². The maximum absolute atomic E-state index is 11.5. The summed E-state index contributed by atoms with van der Waals surface area (Å²) in [5, 5.41) is 0.417. The Hall–Kier alpha value is -1.91. The number of pyridine rings is 1. The lowest BCUT2D eigenvalue weighted by atomic mass is 10.1. The van der Waals surface area contributed by atoms with Crippen LogP contribution in [0, 0.1) is 0 Å². The molecule has 0 bridgehead atoms. The lowest BCUT2D eigenvalue weighted by molar-refractivity contribution is 0.860. The number of nitrogens with one attached hydrogen (secondary N) is 2. The van der Waals surface area contributed by atoms with Crippen molar-refractivity contribution in [3.05, 3.63) is 38.7 Å². The molecule has 0 spiro atoms. The van der Waals surface area contributed by atoms with Crippen LogP contribution in [0.25, 0.3) is 11.0 Å². The molecule has 0 amide bonds. The second-order valence-corrected chi connectivity index (χ2v) is 3.73. The average Bonchev–Trinajstić information content (AvgIpc) is 2.16. The van der Waals surface area contributed by atoms with Gasteiger partial charge in [-0.3, -0.25) is 14.8 Å². The van der Waals surface area contributed by atoms with Crippen LogP contribution in [0.3, 0.4) is 0 Å². The van der Waals surface area contributed by atoms with Crippen LogP contribution in [0.15, 0.2) is 21.9 Å². The summed E-state index contributed by atoms with van der Waals surface area (Å²) in [5.74, 6) is 0.299. The Bertz CT molecular complexity index is 610. The number of rotatable bonds is 1. The molecule has 0 fully saturated rings. The topological polar surface area (TPSA) is 78.6 Å². The van der Waals surface area contributed by atoms with Gasteiger partial charge in [-0.05, 0) is 17.5 Å². The Morgan fingerprint density at radius 3 is 2.67 bits per heavy atom. The summed E-state index contributed by atoms with van der Waals surface area (Å²) in [7, 11) is 0. The number of hydrogen-bond donors (Lipinski definition) is 2. The van der Waals surface area contributed by atoms with E-state index < -0.39 is 11.2 Å². The third-order valence-corrected chi connectivity index (χ3v) is 2.28. The smallest absolute Gasteiger partial charge is 0.291 e. The van der Waals surface area contributed by atoms with Gasteiger partial charge in [-0.25, -0.2) is 9.78 Å². The Morgan fingerprint density at radius 2 is 2.00 bits per heavy atom. The molecule has 5 nitrogen and oxygen atoms in total. The molecule has 0 aliphatic carbocycles. The second-order valence-electron chi connectivity index (χ2n) is 3.73. The highest BCUT2D eigenvalue weighted by molar-refractivity contribution is 5.73. The first-order chi connectivity index (χ1) is 7.08. The molecule has 2 rings (SSSR count). The Labute approximate surface area is 85.2 Å². The minimum Gasteiger partial charge on any atom is -0.291 e. The van der Waals surface area contributed by atoms with Crippen LogP contribution in [0.4, 0.5) is 0 Å². The van der Waals surface area contributed by atoms with Gasteiger partial charge in [0, 0.05) is 6.20 Å². The number of hydrogen-bond acceptors (Lipinski definition) is 3. The summed E-state index contributed by atoms with van der Waals surface area (Å²) in [6, 6.07) is 1.75. The fraction of sp³-hybridized carbons (Fsp3) is 0.300. The first-order valence-electron chi connectivity index (χ1n) is 4.70. The highest BCUT2D eigenvalue weighted by Crippen LogP contribution is 2.14. The zero-order chi connectivity index (χ0) is 11.0. The van der Waals surface area contributed by atoms with E-state index >= 15 is 0 Å². The van der Waals surface area contributed by atoms with Crippen molar-refractivity contribution < 1.29 is 0 Å². The van der Waals surface area contributed by atoms with Gasteiger partial charge in [-0.2, -0.15) is 0 Å². The fourth-order valence-corrected chi connectivity index (χ4v) is 1.38. The maximum Gasteiger partial charge on any atom is 0.327 e. The molecule has 2 aromatic rings. The summed E-state index contributed by atoms with van der Waals surface area (Å²) < 4.78 is 0. The van der Waals surface area contributed by atoms with E-state index in [1.54, 1.807) is 12.3 Å². The molecular formula is C10H11N3O2. The molecule has 5 heteroatoms. The highest BCUT2D eigenvalue weighted by atomic mass is 16.2. The van der Waals surface area contributed by atoms with Gasteiger partial charge in [0.25, 0.3) is 5.56 Å². The normalized spacial score (nSPS) is 11.1. The third-order valence-electron chi connectivity index (χ3n) is 2.28. The van der Waals surface area contributed by atoms with E-state index in [2.05, 4.69) is 15.0 Å². The lowest BCUT2D eigenvalue weighted by Gasteiger charge is -2.04. The van der Waals surface area contributed by atoms with E-state index in [1.807, 2.05) is 13.8 Å². The molecule has 0 aromatic carbocycles. The Balaban J connectivity index is 2.83. The maximum atomic E-state index is 11.5. The van der Waals surface area contributed by atoms with E-state index in [-0.39, 0.29) is 0 Å². The van der Waals surface area contributed by atoms with Crippen molar-refractivity contribution in [2.24, 2.45) is 0 Å². The molecule has 2 aromatic heterocycles. The van der Waals surface area contributed by atoms with Crippen LogP contribution in [0.5, 0.6) is 0 Å². The fourth-order valence-electron chi connectivity index (χ4n) is 1.38. The second kappa shape index (κ2) is 3.34. The van der Waals surface area contributed by atoms with Crippen molar-refractivity contribution in [1.29, 1.82) is 0 Å². The monoisotopic (exact) mass is 205 g/mol. The standard InChI is InChI=1S/C10H11N3O2/c1-5(2)6-3-7-8(11-4-6)12-10(15)13-9(7)14/h3-5H,1-2H3,(H2,11,12,13,14,15). The zero-order valence-electron chi connectivity index (χ0n) is 8.50. The van der Waals surface area contributed by atoms with Crippen LogP contribution in [-0.4, -0.2) is 15.0 Å². The summed E-state index contributed by atoms with van der Waals surface area (Å²) >= 11 is 0. The van der Waals surface area contributed by atoms with E-state index in [1.165, 1.54) is 0 Å². The van der Waals surface area contributed by atoms with Crippen molar-refractivity contribution >= 4 is 11.0 Å². The predicted molar refractivity (Wildman–Crippen MR) is 57.1 cm³/mol. The zero-order valence-corrected chi connectivity index (χ0v) is 8.50. The summed E-state index contributed by atoms with van der Waals surface area (Å²) in [4.78, 5) is 31.1. The van der Waals surface area contributed by atoms with E-state index in [0.717, 1.165) is 5.56 Å². The van der Waals surface area contributed by atoms with E-state index in [9.17, 15) is 9.59 Å². The van der Waals surface area contributed by atoms with Gasteiger partial charge in [0.05, 0.1) is 5.39 Å². The van der Waals surface area contributed by atoms with Gasteiger partial charge < -0.3 is 0 Å². The molecule has 0 unspecified atom stereocenters. The van der Waals surface area contributed by atoms with Crippen molar-refractivity contribution in [2.75, 3.05) is 0 Å². The van der Waals surface area contributed by atoms with Crippen LogP contribution < -0.4 is 11.2 Å². The summed E-state index contributed by atoms with van der Waals surface area (Å²) in [6.07, 6.45) is 1.67. The Kier molecular flexibility index (Phi) is 2.15. The average molecular weight is 205 g/mol. The number of aromatic nitrogens is 3. The van der Waals surface area contributed by atoms with Crippen molar-refractivity contribution in [3.8, 4) is 0 Å². The van der Waals surface area contributed by atoms with Gasteiger partial charge in [0.1, 0.15) is 5.65 Å². The van der Waals surface area contributed by atoms with Crippen LogP contribution in [0.2, 0.25) is 0 Å². The highest BCUT2D eigenvalue weighted by Gasteiger charge is 2.05. The van der Waals surface area contributed by atoms with Gasteiger partial charge >= 0.3 is 5.69 Å². The van der Waals surface area contributed by atoms with Gasteiger partial charge in [-0.15, -0.1) is 0 Å². The summed E-state index contributed by atoms with van der Waals surface area (Å²) in [5.41, 5.74) is 0.370. The molecule has 78 valence electrons. The quantitative estimate of drug-likeness (QED) is 0.720. The Morgan fingerprint density at radius 1 is 1.27 bits per heavy atom. The first-order valence-corrected chi connectivity index (χ1v) is 4.70. The predicted octanol–water partition coefficient (Wildman–Crippen LogP) is 0.735. The van der Waals surface area contributed by atoms with Crippen molar-refractivity contribution in [2.45, 2.75) is 19.8 Å². The SMILES string of the molecule is CC(C)c1cnc2[nH]c(=O)[nH]c(=O)c2c1. The van der Waals surface area contributed by atoms with Crippen LogP contribution in [-0.2, 0) is 0 Å². The van der Waals surface area contributed by atoms with E-state index in [4.69, 9.17) is 0 Å². The molecule has 0 atom stereocenters. The number of fused-ring (bicyclic) bond motifs is 1. The van der Waals surface area contributed by atoms with Gasteiger partial charge in [-0.1, -0.05) is 13.8 Å².